The van der Waals surface area contributed by atoms with E-state index in [1.807, 2.05) is 0 Å². The van der Waals surface area contributed by atoms with Crippen LogP contribution in [0.2, 0.25) is 5.02 Å². The van der Waals surface area contributed by atoms with Crippen molar-refractivity contribution in [2.75, 3.05) is 26.4 Å². The van der Waals surface area contributed by atoms with Crippen LogP contribution in [0, 0.1) is 10.1 Å². The van der Waals surface area contributed by atoms with Gasteiger partial charge in [-0.25, -0.2) is 0 Å². The molecule has 1 amide bonds. The summed E-state index contributed by atoms with van der Waals surface area (Å²) in [5.74, 6) is -2.12. The van der Waals surface area contributed by atoms with E-state index in [0.717, 1.165) is 0 Å². The summed E-state index contributed by atoms with van der Waals surface area (Å²) in [6.07, 6.45) is 0. The molecule has 0 aromatic heterocycles. The number of carbonyl (C=O) groups excluding carboxylic acids is 2. The molecule has 162 valence electrons. The van der Waals surface area contributed by atoms with Gasteiger partial charge in [0, 0.05) is 29.3 Å². The van der Waals surface area contributed by atoms with Gasteiger partial charge in [-0.1, -0.05) is 23.7 Å². The first-order valence-corrected chi connectivity index (χ1v) is 9.70. The van der Waals surface area contributed by atoms with Crippen molar-refractivity contribution >= 4 is 34.7 Å². The summed E-state index contributed by atoms with van der Waals surface area (Å²) in [4.78, 5) is 37.1. The average Bonchev–Trinajstić information content (AvgIpc) is 3.01. The number of halogens is 1. The minimum absolute atomic E-state index is 0.0505. The Balaban J connectivity index is 2.05. The number of ketones is 1. The number of Topliss-reactive ketones (excluding diaryl/α,β-unsaturated/α-hetero) is 1. The van der Waals surface area contributed by atoms with Crippen LogP contribution in [-0.4, -0.2) is 58.1 Å². The van der Waals surface area contributed by atoms with Crippen molar-refractivity contribution in [3.05, 3.63) is 80.4 Å². The molecule has 0 aliphatic carbocycles. The van der Waals surface area contributed by atoms with Gasteiger partial charge in [0.15, 0.2) is 0 Å². The minimum atomic E-state index is -0.898. The first kappa shape index (κ1) is 22.4. The predicted molar refractivity (Wildman–Crippen MR) is 111 cm³/mol. The van der Waals surface area contributed by atoms with Crippen molar-refractivity contribution in [2.24, 2.45) is 0 Å². The third-order valence-electron chi connectivity index (χ3n) is 4.79. The molecule has 0 radical (unpaired) electrons. The number of amides is 1. The highest BCUT2D eigenvalue weighted by molar-refractivity contribution is 6.46. The van der Waals surface area contributed by atoms with E-state index in [0.29, 0.717) is 10.6 Å². The first-order chi connectivity index (χ1) is 14.8. The van der Waals surface area contributed by atoms with Crippen molar-refractivity contribution in [2.45, 2.75) is 6.04 Å². The van der Waals surface area contributed by atoms with E-state index >= 15 is 0 Å². The molecular formula is C21H19ClN2O7. The van der Waals surface area contributed by atoms with Crippen LogP contribution in [0.25, 0.3) is 5.76 Å². The molecule has 9 nitrogen and oxygen atoms in total. The van der Waals surface area contributed by atoms with Crippen LogP contribution in [0.15, 0.2) is 54.1 Å². The van der Waals surface area contributed by atoms with Gasteiger partial charge in [-0.3, -0.25) is 19.7 Å². The first-order valence-electron chi connectivity index (χ1n) is 9.32. The Kier molecular flexibility index (Phi) is 7.01. The zero-order valence-electron chi connectivity index (χ0n) is 16.2. The van der Waals surface area contributed by atoms with Crippen LogP contribution in [-0.2, 0) is 14.3 Å². The Hall–Kier alpha value is -3.27. The molecule has 10 heteroatoms. The van der Waals surface area contributed by atoms with Gasteiger partial charge >= 0.3 is 0 Å². The number of non-ortho nitro benzene ring substituents is 1. The molecule has 1 saturated heterocycles. The fraction of sp³-hybridized carbons (Fsp3) is 0.238. The number of aliphatic hydroxyl groups is 2. The molecule has 2 aromatic rings. The zero-order chi connectivity index (χ0) is 22.5. The molecule has 0 spiro atoms. The van der Waals surface area contributed by atoms with E-state index in [4.69, 9.17) is 21.4 Å². The number of nitro groups is 1. The third-order valence-corrected chi connectivity index (χ3v) is 5.04. The number of likely N-dealkylation sites (tertiary alicyclic amines) is 1. The van der Waals surface area contributed by atoms with E-state index in [-0.39, 0.29) is 43.2 Å². The standard InChI is InChI=1S/C21H19ClN2O7/c22-15-5-1-13(2-6-15)18-17(19(26)14-3-7-16(8-4-14)24(29)30)20(27)21(28)23(18)9-11-31-12-10-25/h1-8,18,25-26H,9-12H2/b19-17-. The van der Waals surface area contributed by atoms with Crippen molar-refractivity contribution in [3.63, 3.8) is 0 Å². The van der Waals surface area contributed by atoms with Crippen molar-refractivity contribution in [3.8, 4) is 0 Å². The second-order valence-corrected chi connectivity index (χ2v) is 7.12. The summed E-state index contributed by atoms with van der Waals surface area (Å²) in [6.45, 7) is 0.0298. The topological polar surface area (TPSA) is 130 Å². The Labute approximate surface area is 182 Å². The fourth-order valence-corrected chi connectivity index (χ4v) is 3.45. The Morgan fingerprint density at radius 3 is 2.32 bits per heavy atom. The number of nitro benzene ring substituents is 1. The van der Waals surface area contributed by atoms with Gasteiger partial charge in [0.1, 0.15) is 5.76 Å². The van der Waals surface area contributed by atoms with Gasteiger partial charge in [0.25, 0.3) is 17.4 Å². The van der Waals surface area contributed by atoms with Gasteiger partial charge in [0.05, 0.1) is 36.4 Å². The molecule has 2 N–H and O–H groups in total. The highest BCUT2D eigenvalue weighted by atomic mass is 35.5. The maximum absolute atomic E-state index is 12.8. The molecule has 0 saturated carbocycles. The van der Waals surface area contributed by atoms with E-state index in [1.165, 1.54) is 29.2 Å². The molecule has 1 heterocycles. The number of carbonyl (C=O) groups is 2. The molecule has 1 aliphatic heterocycles. The molecule has 1 fully saturated rings. The maximum atomic E-state index is 12.8. The van der Waals surface area contributed by atoms with Crippen LogP contribution < -0.4 is 0 Å². The number of ether oxygens (including phenoxy) is 1. The molecule has 0 bridgehead atoms. The number of rotatable bonds is 8. The number of hydrogen-bond acceptors (Lipinski definition) is 7. The van der Waals surface area contributed by atoms with Crippen LogP contribution in [0.4, 0.5) is 5.69 Å². The molecule has 1 aliphatic rings. The molecule has 1 atom stereocenters. The van der Waals surface area contributed by atoms with Crippen molar-refractivity contribution < 1.29 is 29.5 Å². The number of aliphatic hydroxyl groups excluding tert-OH is 2. The van der Waals surface area contributed by atoms with E-state index < -0.39 is 28.4 Å². The van der Waals surface area contributed by atoms with Crippen LogP contribution in [0.1, 0.15) is 17.2 Å². The monoisotopic (exact) mass is 446 g/mol. The van der Waals surface area contributed by atoms with E-state index in [1.54, 1.807) is 24.3 Å². The second-order valence-electron chi connectivity index (χ2n) is 6.68. The van der Waals surface area contributed by atoms with Gasteiger partial charge in [0.2, 0.25) is 0 Å². The lowest BCUT2D eigenvalue weighted by Gasteiger charge is -2.25. The van der Waals surface area contributed by atoms with Crippen LogP contribution in [0.3, 0.4) is 0 Å². The normalized spacial score (nSPS) is 17.9. The second kappa shape index (κ2) is 9.69. The van der Waals surface area contributed by atoms with Gasteiger partial charge in [-0.05, 0) is 29.8 Å². The maximum Gasteiger partial charge on any atom is 0.295 e. The Morgan fingerprint density at radius 2 is 1.74 bits per heavy atom. The van der Waals surface area contributed by atoms with Gasteiger partial charge in [-0.2, -0.15) is 0 Å². The summed E-state index contributed by atoms with van der Waals surface area (Å²) >= 11 is 5.96. The zero-order valence-corrected chi connectivity index (χ0v) is 17.0. The summed E-state index contributed by atoms with van der Waals surface area (Å²) in [5.41, 5.74) is 0.406. The number of nitrogens with zero attached hydrogens (tertiary/aromatic N) is 2. The summed E-state index contributed by atoms with van der Waals surface area (Å²) in [7, 11) is 0. The summed E-state index contributed by atoms with van der Waals surface area (Å²) < 4.78 is 5.23. The lowest BCUT2D eigenvalue weighted by atomic mass is 9.95. The fourth-order valence-electron chi connectivity index (χ4n) is 3.33. The van der Waals surface area contributed by atoms with Crippen LogP contribution in [0.5, 0.6) is 0 Å². The molecule has 2 aromatic carbocycles. The largest absolute Gasteiger partial charge is 0.507 e. The van der Waals surface area contributed by atoms with Crippen molar-refractivity contribution in [1.29, 1.82) is 0 Å². The summed E-state index contributed by atoms with van der Waals surface area (Å²) in [5, 5.41) is 31.1. The molecule has 1 unspecified atom stereocenters. The van der Waals surface area contributed by atoms with Gasteiger partial charge < -0.3 is 19.8 Å². The Morgan fingerprint density at radius 1 is 1.10 bits per heavy atom. The van der Waals surface area contributed by atoms with Gasteiger partial charge in [-0.15, -0.1) is 0 Å². The number of hydrogen-bond donors (Lipinski definition) is 2. The highest BCUT2D eigenvalue weighted by Gasteiger charge is 2.45. The average molecular weight is 447 g/mol. The van der Waals surface area contributed by atoms with E-state index in [2.05, 4.69) is 0 Å². The quantitative estimate of drug-likeness (QED) is 0.159. The summed E-state index contributed by atoms with van der Waals surface area (Å²) in [6, 6.07) is 10.6. The highest BCUT2D eigenvalue weighted by Crippen LogP contribution is 2.39. The lowest BCUT2D eigenvalue weighted by Crippen LogP contribution is -2.33. The minimum Gasteiger partial charge on any atom is -0.507 e. The smallest absolute Gasteiger partial charge is 0.295 e. The van der Waals surface area contributed by atoms with Crippen molar-refractivity contribution in [1.82, 2.24) is 4.90 Å². The number of benzene rings is 2. The SMILES string of the molecule is O=C1C(=O)N(CCOCCO)C(c2ccc(Cl)cc2)/C1=C(/O)c1ccc([N+](=O)[O-])cc1. The molecular weight excluding hydrogens is 428 g/mol. The molecule has 31 heavy (non-hydrogen) atoms. The lowest BCUT2D eigenvalue weighted by molar-refractivity contribution is -0.384. The van der Waals surface area contributed by atoms with E-state index in [9.17, 15) is 24.8 Å². The Bertz CT molecular complexity index is 1020. The third kappa shape index (κ3) is 4.74. The molecule has 3 rings (SSSR count). The van der Waals surface area contributed by atoms with Crippen LogP contribution >= 0.6 is 11.6 Å². The predicted octanol–water partition coefficient (Wildman–Crippen LogP) is 2.68.